The Morgan fingerprint density at radius 1 is 1.05 bits per heavy atom. The van der Waals surface area contributed by atoms with Crippen LogP contribution >= 0.6 is 0 Å². The number of piperidine rings is 1. The number of ether oxygens (including phenoxy) is 2. The number of Topliss-reactive ketones (excluding diaryl/α,β-unsaturated/α-hetero) is 1. The van der Waals surface area contributed by atoms with Gasteiger partial charge in [0, 0.05) is 55.8 Å². The summed E-state index contributed by atoms with van der Waals surface area (Å²) in [5.41, 5.74) is -0.606. The number of aromatic nitrogens is 2. The van der Waals surface area contributed by atoms with Gasteiger partial charge in [0.15, 0.2) is 21.3 Å². The number of benzene rings is 1. The molecule has 0 radical (unpaired) electrons. The van der Waals surface area contributed by atoms with Crippen molar-refractivity contribution in [3.63, 3.8) is 0 Å². The molecule has 0 atom stereocenters. The summed E-state index contributed by atoms with van der Waals surface area (Å²) in [5.74, 6) is -2.45. The summed E-state index contributed by atoms with van der Waals surface area (Å²) in [4.78, 5) is 42.6. The van der Waals surface area contributed by atoms with Crippen LogP contribution in [-0.4, -0.2) is 66.4 Å². The molecule has 1 amide bonds. The van der Waals surface area contributed by atoms with Gasteiger partial charge in [-0.3, -0.25) is 14.2 Å². The Kier molecular flexibility index (Phi) is 9.04. The highest BCUT2D eigenvalue weighted by atomic mass is 32.2. The van der Waals surface area contributed by atoms with E-state index in [9.17, 15) is 36.0 Å². The van der Waals surface area contributed by atoms with Gasteiger partial charge in [-0.25, -0.2) is 18.2 Å². The summed E-state index contributed by atoms with van der Waals surface area (Å²) in [6, 6.07) is 11.3. The number of hydrogen-bond acceptors (Lipinski definition) is 8. The van der Waals surface area contributed by atoms with Gasteiger partial charge in [0.25, 0.3) is 11.3 Å². The summed E-state index contributed by atoms with van der Waals surface area (Å²) in [7, 11) is -3.37. The van der Waals surface area contributed by atoms with Crippen molar-refractivity contribution in [2.24, 2.45) is 0 Å². The second-order valence-electron chi connectivity index (χ2n) is 9.74. The number of pyridine rings is 2. The molecule has 1 aliphatic rings. The average molecular weight is 608 g/mol. The SMILES string of the molecule is CCCc1ccc(OC(=O)N2CCC(Oc3ccn(-c4ccc(S(C)(=O)=O)cc4)c(=O)c3)CC2)c(C(=O)C(F)(F)F)n1. The Morgan fingerprint density at radius 3 is 2.29 bits per heavy atom. The van der Waals surface area contributed by atoms with Gasteiger partial charge in [0.1, 0.15) is 11.9 Å². The molecule has 3 aromatic rings. The topological polar surface area (TPSA) is 125 Å². The van der Waals surface area contributed by atoms with E-state index in [2.05, 4.69) is 4.98 Å². The van der Waals surface area contributed by atoms with Crippen LogP contribution in [0.5, 0.6) is 11.5 Å². The maximum atomic E-state index is 13.1. The molecule has 14 heteroatoms. The van der Waals surface area contributed by atoms with E-state index in [0.717, 1.165) is 12.3 Å². The minimum absolute atomic E-state index is 0.131. The first kappa shape index (κ1) is 30.8. The highest BCUT2D eigenvalue weighted by molar-refractivity contribution is 7.90. The molecule has 3 heterocycles. The van der Waals surface area contributed by atoms with Gasteiger partial charge in [-0.15, -0.1) is 0 Å². The highest BCUT2D eigenvalue weighted by Crippen LogP contribution is 2.28. The Labute approximate surface area is 239 Å². The number of rotatable bonds is 8. The number of amides is 1. The summed E-state index contributed by atoms with van der Waals surface area (Å²) in [5, 5.41) is 0. The number of hydrogen-bond donors (Lipinski definition) is 0. The fourth-order valence-corrected chi connectivity index (χ4v) is 5.00. The fourth-order valence-electron chi connectivity index (χ4n) is 4.37. The lowest BCUT2D eigenvalue weighted by Gasteiger charge is -2.31. The van der Waals surface area contributed by atoms with E-state index >= 15 is 0 Å². The molecule has 1 aliphatic heterocycles. The van der Waals surface area contributed by atoms with E-state index in [1.54, 1.807) is 6.07 Å². The monoisotopic (exact) mass is 607 g/mol. The third kappa shape index (κ3) is 7.35. The second-order valence-corrected chi connectivity index (χ2v) is 11.8. The smallest absolute Gasteiger partial charge is 0.456 e. The van der Waals surface area contributed by atoms with Crippen molar-refractivity contribution >= 4 is 21.7 Å². The van der Waals surface area contributed by atoms with E-state index in [0.29, 0.717) is 37.1 Å². The predicted octanol–water partition coefficient (Wildman–Crippen LogP) is 4.38. The molecule has 0 bridgehead atoms. The van der Waals surface area contributed by atoms with E-state index in [1.807, 2.05) is 6.92 Å². The van der Waals surface area contributed by atoms with Crippen molar-refractivity contribution in [3.8, 4) is 17.2 Å². The van der Waals surface area contributed by atoms with Crippen molar-refractivity contribution in [1.82, 2.24) is 14.5 Å². The van der Waals surface area contributed by atoms with Gasteiger partial charge in [0.2, 0.25) is 0 Å². The number of likely N-dealkylation sites (tertiary alicyclic amines) is 1. The lowest BCUT2D eigenvalue weighted by molar-refractivity contribution is -0.0889. The maximum absolute atomic E-state index is 13.1. The number of aryl methyl sites for hydroxylation is 1. The van der Waals surface area contributed by atoms with Crippen molar-refractivity contribution in [3.05, 3.63) is 76.5 Å². The Hall–Kier alpha value is -4.20. The van der Waals surface area contributed by atoms with Crippen LogP contribution in [0.15, 0.2) is 64.4 Å². The van der Waals surface area contributed by atoms with Gasteiger partial charge in [0.05, 0.1) is 4.90 Å². The number of nitrogens with zero attached hydrogens (tertiary/aromatic N) is 3. The molecule has 224 valence electrons. The fraction of sp³-hybridized carbons (Fsp3) is 0.357. The largest absolute Gasteiger partial charge is 0.490 e. The predicted molar refractivity (Wildman–Crippen MR) is 145 cm³/mol. The lowest BCUT2D eigenvalue weighted by atomic mass is 10.1. The number of ketones is 1. The molecule has 0 saturated carbocycles. The Bertz CT molecular complexity index is 1630. The van der Waals surface area contributed by atoms with Crippen LogP contribution in [0.2, 0.25) is 0 Å². The summed E-state index contributed by atoms with van der Waals surface area (Å²) in [6.45, 7) is 2.14. The van der Waals surface area contributed by atoms with Crippen LogP contribution in [0.3, 0.4) is 0 Å². The summed E-state index contributed by atoms with van der Waals surface area (Å²) < 4.78 is 75.1. The quantitative estimate of drug-likeness (QED) is 0.346. The molecule has 10 nitrogen and oxygen atoms in total. The standard InChI is InChI=1S/C28H28F3N3O7S/c1-3-4-18-5-10-23(25(32-18)26(36)28(29,30)31)41-27(37)33-14-11-20(12-15-33)40-21-13-16-34(24(35)17-21)19-6-8-22(9-7-19)42(2,38)39/h5-10,13,16-17,20H,3-4,11-12,14-15H2,1-2H3. The zero-order valence-corrected chi connectivity index (χ0v) is 23.6. The van der Waals surface area contributed by atoms with Gasteiger partial charge in [-0.2, -0.15) is 13.2 Å². The summed E-state index contributed by atoms with van der Waals surface area (Å²) >= 11 is 0. The molecular formula is C28H28F3N3O7S. The number of sulfone groups is 1. The molecule has 1 fully saturated rings. The van der Waals surface area contributed by atoms with Gasteiger partial charge >= 0.3 is 12.3 Å². The van der Waals surface area contributed by atoms with Crippen molar-refractivity contribution < 1.29 is 40.7 Å². The van der Waals surface area contributed by atoms with Crippen LogP contribution in [0.25, 0.3) is 5.69 Å². The van der Waals surface area contributed by atoms with E-state index < -0.39 is 44.9 Å². The molecule has 42 heavy (non-hydrogen) atoms. The van der Waals surface area contributed by atoms with Crippen LogP contribution < -0.4 is 15.0 Å². The minimum atomic E-state index is -5.18. The van der Waals surface area contributed by atoms with Crippen LogP contribution in [0, 0.1) is 0 Å². The number of alkyl halides is 3. The zero-order valence-electron chi connectivity index (χ0n) is 22.8. The third-order valence-electron chi connectivity index (χ3n) is 6.53. The van der Waals surface area contributed by atoms with Crippen molar-refractivity contribution in [2.45, 2.75) is 49.8 Å². The van der Waals surface area contributed by atoms with Crippen LogP contribution in [0.1, 0.15) is 42.4 Å². The first-order valence-electron chi connectivity index (χ1n) is 13.0. The molecule has 2 aromatic heterocycles. The van der Waals surface area contributed by atoms with Crippen molar-refractivity contribution in [1.29, 1.82) is 0 Å². The highest BCUT2D eigenvalue weighted by Gasteiger charge is 2.42. The van der Waals surface area contributed by atoms with E-state index in [4.69, 9.17) is 9.47 Å². The number of carbonyl (C=O) groups is 2. The molecule has 0 aliphatic carbocycles. The van der Waals surface area contributed by atoms with E-state index in [1.165, 1.54) is 52.1 Å². The minimum Gasteiger partial charge on any atom is -0.490 e. The van der Waals surface area contributed by atoms with Crippen molar-refractivity contribution in [2.75, 3.05) is 19.3 Å². The molecule has 1 aromatic carbocycles. The second kappa shape index (κ2) is 12.3. The van der Waals surface area contributed by atoms with E-state index in [-0.39, 0.29) is 29.8 Å². The average Bonchev–Trinajstić information content (AvgIpc) is 2.93. The molecule has 0 N–H and O–H groups in total. The van der Waals surface area contributed by atoms with Gasteiger partial charge in [-0.05, 0) is 48.9 Å². The first-order chi connectivity index (χ1) is 19.8. The number of halogens is 3. The Morgan fingerprint density at radius 2 is 1.71 bits per heavy atom. The van der Waals surface area contributed by atoms with Crippen LogP contribution in [-0.2, 0) is 16.3 Å². The van der Waals surface area contributed by atoms with Gasteiger partial charge in [-0.1, -0.05) is 13.3 Å². The molecule has 0 unspecified atom stereocenters. The molecule has 4 rings (SSSR count). The third-order valence-corrected chi connectivity index (χ3v) is 7.66. The Balaban J connectivity index is 1.37. The molecule has 0 spiro atoms. The summed E-state index contributed by atoms with van der Waals surface area (Å²) in [6.07, 6.45) is -2.20. The molecular weight excluding hydrogens is 579 g/mol. The number of carbonyl (C=O) groups excluding carboxylic acids is 2. The first-order valence-corrected chi connectivity index (χ1v) is 14.9. The molecule has 1 saturated heterocycles. The lowest BCUT2D eigenvalue weighted by Crippen LogP contribution is -2.43. The normalized spacial score (nSPS) is 14.5. The van der Waals surface area contributed by atoms with Gasteiger partial charge < -0.3 is 14.4 Å². The maximum Gasteiger partial charge on any atom is 0.456 e. The van der Waals surface area contributed by atoms with Crippen LogP contribution in [0.4, 0.5) is 18.0 Å². The zero-order chi connectivity index (χ0) is 30.7.